The molecule has 0 aliphatic carbocycles. The molecule has 1 atom stereocenters. The second-order valence-electron chi connectivity index (χ2n) is 7.80. The molecule has 3 aromatic rings. The number of carbonyl (C=O) groups excluding carboxylic acids is 1. The lowest BCUT2D eigenvalue weighted by Crippen LogP contribution is -2.34. The zero-order chi connectivity index (χ0) is 23.7. The number of amidine groups is 1. The highest BCUT2D eigenvalue weighted by Crippen LogP contribution is 2.43. The standard InChI is InChI=1S/C26H24N4O4/c1-17-24-25(18-12-13-20(32-2)21(15-18)33-3)27-22-11-7-8-14-29(22)26(24)30(28-17)23(31)16-34-19-9-5-4-6-10-19/h4-15,25H,16H2,1-3H3. The van der Waals surface area contributed by atoms with Crippen LogP contribution in [0.3, 0.4) is 0 Å². The summed E-state index contributed by atoms with van der Waals surface area (Å²) in [6, 6.07) is 14.6. The molecule has 0 bridgehead atoms. The van der Waals surface area contributed by atoms with Crippen molar-refractivity contribution in [2.24, 2.45) is 4.99 Å². The van der Waals surface area contributed by atoms with Gasteiger partial charge >= 0.3 is 0 Å². The molecule has 2 aromatic carbocycles. The molecular weight excluding hydrogens is 432 g/mol. The molecule has 8 nitrogen and oxygen atoms in total. The minimum atomic E-state index is -0.367. The van der Waals surface area contributed by atoms with E-state index in [1.807, 2.05) is 84.8 Å². The summed E-state index contributed by atoms with van der Waals surface area (Å²) < 4.78 is 18.0. The van der Waals surface area contributed by atoms with Gasteiger partial charge in [0.25, 0.3) is 5.91 Å². The Morgan fingerprint density at radius 3 is 2.59 bits per heavy atom. The summed E-state index contributed by atoms with van der Waals surface area (Å²) in [6.07, 6.45) is 7.61. The highest BCUT2D eigenvalue weighted by atomic mass is 16.5. The first kappa shape index (κ1) is 21.5. The Morgan fingerprint density at radius 2 is 1.82 bits per heavy atom. The van der Waals surface area contributed by atoms with Crippen molar-refractivity contribution in [3.05, 3.63) is 89.8 Å². The highest BCUT2D eigenvalue weighted by Gasteiger charge is 2.35. The average molecular weight is 457 g/mol. The maximum Gasteiger partial charge on any atom is 0.286 e. The smallest absolute Gasteiger partial charge is 0.286 e. The number of aryl methyl sites for hydroxylation is 1. The summed E-state index contributed by atoms with van der Waals surface area (Å²) in [5.41, 5.74) is 2.47. The van der Waals surface area contributed by atoms with Crippen molar-refractivity contribution in [2.45, 2.75) is 13.0 Å². The monoisotopic (exact) mass is 456 g/mol. The maximum absolute atomic E-state index is 13.2. The molecule has 0 spiro atoms. The van der Waals surface area contributed by atoms with E-state index < -0.39 is 0 Å². The number of nitrogens with zero attached hydrogens (tertiary/aromatic N) is 4. The van der Waals surface area contributed by atoms with Crippen molar-refractivity contribution in [3.8, 4) is 17.2 Å². The second-order valence-corrected chi connectivity index (χ2v) is 7.80. The van der Waals surface area contributed by atoms with E-state index in [1.54, 1.807) is 14.2 Å². The molecule has 8 heteroatoms. The van der Waals surface area contributed by atoms with Gasteiger partial charge in [-0.05, 0) is 48.9 Å². The predicted octanol–water partition coefficient (Wildman–Crippen LogP) is 4.32. The number of para-hydroxylation sites is 1. The summed E-state index contributed by atoms with van der Waals surface area (Å²) in [6.45, 7) is 1.75. The lowest BCUT2D eigenvalue weighted by Gasteiger charge is -2.31. The number of allylic oxidation sites excluding steroid dienone is 2. The van der Waals surface area contributed by atoms with Gasteiger partial charge in [0.05, 0.1) is 19.9 Å². The van der Waals surface area contributed by atoms with Crippen LogP contribution in [-0.2, 0) is 0 Å². The number of methoxy groups -OCH3 is 2. The third-order valence-corrected chi connectivity index (χ3v) is 5.75. The third-order valence-electron chi connectivity index (χ3n) is 5.75. The van der Waals surface area contributed by atoms with E-state index in [-0.39, 0.29) is 18.6 Å². The largest absolute Gasteiger partial charge is 0.493 e. The van der Waals surface area contributed by atoms with Gasteiger partial charge < -0.3 is 14.2 Å². The van der Waals surface area contributed by atoms with Crippen molar-refractivity contribution in [1.29, 1.82) is 0 Å². The Morgan fingerprint density at radius 1 is 1.03 bits per heavy atom. The first-order chi connectivity index (χ1) is 16.6. The van der Waals surface area contributed by atoms with Crippen LogP contribution in [0.25, 0.3) is 0 Å². The van der Waals surface area contributed by atoms with Crippen molar-refractivity contribution < 1.29 is 19.0 Å². The molecule has 0 fully saturated rings. The molecule has 0 amide bonds. The minimum Gasteiger partial charge on any atom is -0.493 e. The van der Waals surface area contributed by atoms with Gasteiger partial charge in [-0.15, -0.1) is 0 Å². The topological polar surface area (TPSA) is 78.2 Å². The predicted molar refractivity (Wildman–Crippen MR) is 129 cm³/mol. The van der Waals surface area contributed by atoms with Gasteiger partial charge in [-0.3, -0.25) is 14.7 Å². The minimum absolute atomic E-state index is 0.140. The summed E-state index contributed by atoms with van der Waals surface area (Å²) in [5.74, 6) is 2.97. The average Bonchev–Trinajstić information content (AvgIpc) is 3.24. The molecule has 3 heterocycles. The fourth-order valence-corrected chi connectivity index (χ4v) is 4.16. The molecule has 0 N–H and O–H groups in total. The van der Waals surface area contributed by atoms with Crippen LogP contribution in [-0.4, -0.2) is 42.3 Å². The number of aliphatic imine (C=N–C) groups is 1. The van der Waals surface area contributed by atoms with Crippen LogP contribution >= 0.6 is 0 Å². The third kappa shape index (κ3) is 3.73. The van der Waals surface area contributed by atoms with E-state index in [4.69, 9.17) is 19.2 Å². The Hall–Kier alpha value is -4.33. The molecular formula is C26H24N4O4. The van der Waals surface area contributed by atoms with E-state index >= 15 is 0 Å². The van der Waals surface area contributed by atoms with E-state index in [2.05, 4.69) is 5.10 Å². The number of benzene rings is 2. The number of hydrogen-bond donors (Lipinski definition) is 0. The van der Waals surface area contributed by atoms with Crippen molar-refractivity contribution in [2.75, 3.05) is 25.7 Å². The number of hydrogen-bond acceptors (Lipinski definition) is 7. The molecule has 0 saturated carbocycles. The molecule has 2 aliphatic rings. The molecule has 2 aliphatic heterocycles. The van der Waals surface area contributed by atoms with E-state index in [1.165, 1.54) is 4.68 Å². The van der Waals surface area contributed by atoms with Crippen LogP contribution in [0.4, 0.5) is 5.82 Å². The van der Waals surface area contributed by atoms with Gasteiger partial charge in [0.2, 0.25) is 0 Å². The zero-order valence-corrected chi connectivity index (χ0v) is 19.1. The SMILES string of the molecule is COc1ccc(C2N=C3C=CC=CN3c3c2c(C)nn3C(=O)COc2ccccc2)cc1OC. The van der Waals surface area contributed by atoms with Crippen LogP contribution in [0.2, 0.25) is 0 Å². The molecule has 5 rings (SSSR count). The fourth-order valence-electron chi connectivity index (χ4n) is 4.16. The normalized spacial score (nSPS) is 15.9. The summed E-state index contributed by atoms with van der Waals surface area (Å²) in [7, 11) is 3.20. The fraction of sp³-hybridized carbons (Fsp3) is 0.192. The van der Waals surface area contributed by atoms with Crippen LogP contribution in [0, 0.1) is 6.92 Å². The summed E-state index contributed by atoms with van der Waals surface area (Å²) in [5, 5.41) is 4.61. The van der Waals surface area contributed by atoms with Gasteiger partial charge in [-0.1, -0.05) is 30.3 Å². The number of ether oxygens (including phenoxy) is 3. The summed E-state index contributed by atoms with van der Waals surface area (Å²) >= 11 is 0. The highest BCUT2D eigenvalue weighted by molar-refractivity contribution is 6.10. The molecule has 34 heavy (non-hydrogen) atoms. The van der Waals surface area contributed by atoms with Crippen molar-refractivity contribution in [3.63, 3.8) is 0 Å². The first-order valence-corrected chi connectivity index (χ1v) is 10.8. The Balaban J connectivity index is 1.57. The Labute approximate surface area is 197 Å². The van der Waals surface area contributed by atoms with E-state index in [9.17, 15) is 4.79 Å². The van der Waals surface area contributed by atoms with Crippen LogP contribution in [0.15, 0.2) is 78.0 Å². The second kappa shape index (κ2) is 8.90. The molecule has 1 unspecified atom stereocenters. The number of anilines is 1. The number of fused-ring (bicyclic) bond motifs is 3. The van der Waals surface area contributed by atoms with Crippen molar-refractivity contribution in [1.82, 2.24) is 9.78 Å². The molecule has 0 radical (unpaired) electrons. The number of aromatic nitrogens is 2. The zero-order valence-electron chi connectivity index (χ0n) is 19.1. The Bertz CT molecular complexity index is 1320. The lowest BCUT2D eigenvalue weighted by atomic mass is 9.96. The van der Waals surface area contributed by atoms with E-state index in [0.29, 0.717) is 34.6 Å². The van der Waals surface area contributed by atoms with Crippen LogP contribution in [0.1, 0.15) is 27.7 Å². The van der Waals surface area contributed by atoms with Gasteiger partial charge in [-0.25, -0.2) is 0 Å². The summed E-state index contributed by atoms with van der Waals surface area (Å²) in [4.78, 5) is 20.1. The van der Waals surface area contributed by atoms with Crippen LogP contribution < -0.4 is 19.1 Å². The van der Waals surface area contributed by atoms with Gasteiger partial charge in [0.1, 0.15) is 17.6 Å². The van der Waals surface area contributed by atoms with Gasteiger partial charge in [0, 0.05) is 11.8 Å². The van der Waals surface area contributed by atoms with Crippen molar-refractivity contribution >= 4 is 17.6 Å². The van der Waals surface area contributed by atoms with E-state index in [0.717, 1.165) is 11.1 Å². The first-order valence-electron chi connectivity index (χ1n) is 10.8. The Kier molecular flexibility index (Phi) is 5.63. The maximum atomic E-state index is 13.2. The molecule has 1 aromatic heterocycles. The van der Waals surface area contributed by atoms with Crippen LogP contribution in [0.5, 0.6) is 17.2 Å². The molecule has 0 saturated heterocycles. The molecule has 172 valence electrons. The number of carbonyl (C=O) groups is 1. The number of rotatable bonds is 6. The lowest BCUT2D eigenvalue weighted by molar-refractivity contribution is 0.0823. The van der Waals surface area contributed by atoms with Gasteiger partial charge in [-0.2, -0.15) is 9.78 Å². The van der Waals surface area contributed by atoms with Gasteiger partial charge in [0.15, 0.2) is 23.9 Å². The quantitative estimate of drug-likeness (QED) is 0.550.